The van der Waals surface area contributed by atoms with Crippen molar-refractivity contribution in [3.8, 4) is 6.07 Å². The van der Waals surface area contributed by atoms with E-state index in [2.05, 4.69) is 23.5 Å². The largest absolute Gasteiger partial charge is 0.464 e. The summed E-state index contributed by atoms with van der Waals surface area (Å²) in [7, 11) is 0. The van der Waals surface area contributed by atoms with Crippen LogP contribution in [0.4, 0.5) is 5.69 Å². The van der Waals surface area contributed by atoms with Crippen LogP contribution in [0, 0.1) is 11.3 Å². The fourth-order valence-corrected chi connectivity index (χ4v) is 3.46. The summed E-state index contributed by atoms with van der Waals surface area (Å²) in [5.41, 5.74) is 6.21. The molecule has 25 heavy (non-hydrogen) atoms. The van der Waals surface area contributed by atoms with Crippen molar-refractivity contribution in [3.63, 3.8) is 0 Å². The SMILES string of the molecule is N#CCc1ccc(NC(=O)Cc2coc3cc4c(cc23)CCC4)cc1. The first-order valence-corrected chi connectivity index (χ1v) is 8.50. The van der Waals surface area contributed by atoms with E-state index in [9.17, 15) is 4.79 Å². The molecular weight excluding hydrogens is 312 g/mol. The lowest BCUT2D eigenvalue weighted by Crippen LogP contribution is -2.14. The predicted molar refractivity (Wildman–Crippen MR) is 96.3 cm³/mol. The summed E-state index contributed by atoms with van der Waals surface area (Å²) >= 11 is 0. The second-order valence-electron chi connectivity index (χ2n) is 6.49. The van der Waals surface area contributed by atoms with Crippen LogP contribution in [0.5, 0.6) is 0 Å². The van der Waals surface area contributed by atoms with Gasteiger partial charge in [-0.05, 0) is 60.2 Å². The van der Waals surface area contributed by atoms with E-state index in [1.807, 2.05) is 24.3 Å². The highest BCUT2D eigenvalue weighted by atomic mass is 16.3. The number of carbonyl (C=O) groups is 1. The number of fused-ring (bicyclic) bond motifs is 2. The van der Waals surface area contributed by atoms with Gasteiger partial charge in [-0.1, -0.05) is 12.1 Å². The quantitative estimate of drug-likeness (QED) is 0.781. The van der Waals surface area contributed by atoms with Crippen molar-refractivity contribution in [2.75, 3.05) is 5.32 Å². The van der Waals surface area contributed by atoms with Gasteiger partial charge in [0.25, 0.3) is 0 Å². The Morgan fingerprint density at radius 3 is 2.68 bits per heavy atom. The minimum absolute atomic E-state index is 0.0729. The van der Waals surface area contributed by atoms with E-state index in [1.165, 1.54) is 17.5 Å². The fourth-order valence-electron chi connectivity index (χ4n) is 3.46. The molecule has 0 spiro atoms. The standard InChI is InChI=1S/C21H18N2O2/c22-9-8-14-4-6-18(7-5-14)23-21(24)12-17-13-25-20-11-16-3-1-2-15(16)10-19(17)20/h4-7,10-11,13H,1-3,8,12H2,(H,23,24). The zero-order chi connectivity index (χ0) is 17.2. The van der Waals surface area contributed by atoms with Crippen LogP contribution in [0.2, 0.25) is 0 Å². The molecule has 1 aliphatic rings. The van der Waals surface area contributed by atoms with Crippen LogP contribution >= 0.6 is 0 Å². The number of nitrogens with one attached hydrogen (secondary N) is 1. The highest BCUT2D eigenvalue weighted by molar-refractivity contribution is 5.95. The molecule has 4 heteroatoms. The van der Waals surface area contributed by atoms with Gasteiger partial charge in [-0.25, -0.2) is 0 Å². The van der Waals surface area contributed by atoms with E-state index in [0.717, 1.165) is 40.6 Å². The molecule has 0 aliphatic heterocycles. The third-order valence-corrected chi connectivity index (χ3v) is 4.74. The maximum absolute atomic E-state index is 12.4. The number of aryl methyl sites for hydroxylation is 2. The van der Waals surface area contributed by atoms with Gasteiger partial charge in [-0.2, -0.15) is 5.26 Å². The summed E-state index contributed by atoms with van der Waals surface area (Å²) < 4.78 is 5.66. The average Bonchev–Trinajstić information content (AvgIpc) is 3.21. The number of nitrogens with zero attached hydrogens (tertiary/aromatic N) is 1. The number of anilines is 1. The molecule has 0 fully saturated rings. The number of furan rings is 1. The molecular formula is C21H18N2O2. The van der Waals surface area contributed by atoms with Gasteiger partial charge in [-0.3, -0.25) is 4.79 Å². The van der Waals surface area contributed by atoms with E-state index in [-0.39, 0.29) is 12.3 Å². The Morgan fingerprint density at radius 2 is 1.92 bits per heavy atom. The summed E-state index contributed by atoms with van der Waals surface area (Å²) in [6.07, 6.45) is 5.76. The van der Waals surface area contributed by atoms with E-state index in [1.54, 1.807) is 6.26 Å². The lowest BCUT2D eigenvalue weighted by atomic mass is 10.0. The molecule has 3 aromatic rings. The van der Waals surface area contributed by atoms with E-state index in [0.29, 0.717) is 6.42 Å². The molecule has 4 nitrogen and oxygen atoms in total. The van der Waals surface area contributed by atoms with Crippen molar-refractivity contribution in [1.29, 1.82) is 5.26 Å². The summed E-state index contributed by atoms with van der Waals surface area (Å²) in [5, 5.41) is 12.6. The maximum atomic E-state index is 12.4. The number of amides is 1. The van der Waals surface area contributed by atoms with Crippen LogP contribution in [0.15, 0.2) is 47.1 Å². The first kappa shape index (κ1) is 15.5. The normalized spacial score (nSPS) is 12.8. The predicted octanol–water partition coefficient (Wildman–Crippen LogP) is 4.17. The van der Waals surface area contributed by atoms with Gasteiger partial charge in [-0.15, -0.1) is 0 Å². The molecule has 0 unspecified atom stereocenters. The van der Waals surface area contributed by atoms with E-state index < -0.39 is 0 Å². The molecule has 124 valence electrons. The molecule has 1 aromatic heterocycles. The Morgan fingerprint density at radius 1 is 1.16 bits per heavy atom. The highest BCUT2D eigenvalue weighted by Gasteiger charge is 2.16. The molecule has 0 bridgehead atoms. The Balaban J connectivity index is 1.49. The fraction of sp³-hybridized carbons (Fsp3) is 0.238. The summed E-state index contributed by atoms with van der Waals surface area (Å²) in [5.74, 6) is -0.0729. The van der Waals surface area contributed by atoms with Crippen molar-refractivity contribution in [2.24, 2.45) is 0 Å². The third kappa shape index (κ3) is 3.14. The summed E-state index contributed by atoms with van der Waals surface area (Å²) in [6, 6.07) is 13.8. The Bertz CT molecular complexity index is 978. The number of hydrogen-bond acceptors (Lipinski definition) is 3. The molecule has 0 atom stereocenters. The van der Waals surface area contributed by atoms with Crippen molar-refractivity contribution in [2.45, 2.75) is 32.1 Å². The molecule has 2 aromatic carbocycles. The number of hydrogen-bond donors (Lipinski definition) is 1. The smallest absolute Gasteiger partial charge is 0.228 e. The van der Waals surface area contributed by atoms with Crippen LogP contribution < -0.4 is 5.32 Å². The van der Waals surface area contributed by atoms with Gasteiger partial charge in [0.05, 0.1) is 25.2 Å². The van der Waals surface area contributed by atoms with Gasteiger partial charge in [0.15, 0.2) is 0 Å². The van der Waals surface area contributed by atoms with Gasteiger partial charge in [0.1, 0.15) is 5.58 Å². The van der Waals surface area contributed by atoms with Crippen molar-refractivity contribution in [1.82, 2.24) is 0 Å². The average molecular weight is 330 g/mol. The second kappa shape index (κ2) is 6.45. The number of rotatable bonds is 4. The van der Waals surface area contributed by atoms with Gasteiger partial charge < -0.3 is 9.73 Å². The van der Waals surface area contributed by atoms with Crippen LogP contribution in [0.25, 0.3) is 11.0 Å². The Hall–Kier alpha value is -3.06. The Kier molecular flexibility index (Phi) is 3.99. The highest BCUT2D eigenvalue weighted by Crippen LogP contribution is 2.30. The second-order valence-corrected chi connectivity index (χ2v) is 6.49. The minimum Gasteiger partial charge on any atom is -0.464 e. The zero-order valence-electron chi connectivity index (χ0n) is 13.8. The van der Waals surface area contributed by atoms with E-state index >= 15 is 0 Å². The molecule has 0 saturated carbocycles. The maximum Gasteiger partial charge on any atom is 0.228 e. The molecule has 0 saturated heterocycles. The topological polar surface area (TPSA) is 66.0 Å². The molecule has 1 heterocycles. The van der Waals surface area contributed by atoms with Crippen LogP contribution in [0.1, 0.15) is 28.7 Å². The lowest BCUT2D eigenvalue weighted by molar-refractivity contribution is -0.115. The van der Waals surface area contributed by atoms with Gasteiger partial charge in [0.2, 0.25) is 5.91 Å². The lowest BCUT2D eigenvalue weighted by Gasteiger charge is -2.05. The molecule has 1 N–H and O–H groups in total. The first-order chi connectivity index (χ1) is 12.2. The number of nitriles is 1. The number of carbonyl (C=O) groups excluding carboxylic acids is 1. The molecule has 0 radical (unpaired) electrons. The van der Waals surface area contributed by atoms with Crippen molar-refractivity contribution >= 4 is 22.6 Å². The van der Waals surface area contributed by atoms with E-state index in [4.69, 9.17) is 9.68 Å². The van der Waals surface area contributed by atoms with Crippen LogP contribution in [0.3, 0.4) is 0 Å². The minimum atomic E-state index is -0.0729. The van der Waals surface area contributed by atoms with Gasteiger partial charge in [0, 0.05) is 16.6 Å². The van der Waals surface area contributed by atoms with Crippen LogP contribution in [-0.4, -0.2) is 5.91 Å². The zero-order valence-corrected chi connectivity index (χ0v) is 13.8. The summed E-state index contributed by atoms with van der Waals surface area (Å²) in [4.78, 5) is 12.4. The van der Waals surface area contributed by atoms with Crippen molar-refractivity contribution < 1.29 is 9.21 Å². The Labute approximate surface area is 146 Å². The van der Waals surface area contributed by atoms with Crippen LogP contribution in [-0.2, 0) is 30.5 Å². The van der Waals surface area contributed by atoms with Crippen molar-refractivity contribution in [3.05, 3.63) is 64.9 Å². The monoisotopic (exact) mass is 330 g/mol. The molecule has 1 aliphatic carbocycles. The molecule has 4 rings (SSSR count). The summed E-state index contributed by atoms with van der Waals surface area (Å²) in [6.45, 7) is 0. The first-order valence-electron chi connectivity index (χ1n) is 8.50. The third-order valence-electron chi connectivity index (χ3n) is 4.74. The van der Waals surface area contributed by atoms with Gasteiger partial charge >= 0.3 is 0 Å². The number of benzene rings is 2. The molecule has 1 amide bonds.